The molecule has 1 atom stereocenters. The van der Waals surface area contributed by atoms with Gasteiger partial charge in [-0.1, -0.05) is 18.2 Å². The van der Waals surface area contributed by atoms with Crippen LogP contribution in [0, 0.1) is 0 Å². The highest BCUT2D eigenvalue weighted by molar-refractivity contribution is 5.81. The Morgan fingerprint density at radius 1 is 1.33 bits per heavy atom. The highest BCUT2D eigenvalue weighted by atomic mass is 16.3. The summed E-state index contributed by atoms with van der Waals surface area (Å²) in [5.41, 5.74) is 5.50. The van der Waals surface area contributed by atoms with Crippen LogP contribution in [0.2, 0.25) is 0 Å². The third kappa shape index (κ3) is 1.70. The van der Waals surface area contributed by atoms with E-state index in [1.165, 1.54) is 0 Å². The number of fused-ring (bicyclic) bond motifs is 1. The van der Waals surface area contributed by atoms with Crippen molar-refractivity contribution in [1.29, 1.82) is 0 Å². The second-order valence-electron chi connectivity index (χ2n) is 4.20. The lowest BCUT2D eigenvalue weighted by atomic mass is 10.0. The molecular formula is C13H14N4O. The summed E-state index contributed by atoms with van der Waals surface area (Å²) in [6, 6.07) is 9.64. The zero-order valence-corrected chi connectivity index (χ0v) is 10.00. The predicted octanol–water partition coefficient (Wildman–Crippen LogP) is 1.72. The largest absolute Gasteiger partial charge is 0.464 e. The van der Waals surface area contributed by atoms with Gasteiger partial charge in [-0.05, 0) is 12.1 Å². The minimum Gasteiger partial charge on any atom is -0.464 e. The van der Waals surface area contributed by atoms with E-state index in [0.717, 1.165) is 22.2 Å². The van der Waals surface area contributed by atoms with Crippen molar-refractivity contribution in [3.63, 3.8) is 0 Å². The zero-order valence-electron chi connectivity index (χ0n) is 10.00. The molecule has 3 rings (SSSR count). The lowest BCUT2D eigenvalue weighted by Gasteiger charge is -2.11. The van der Waals surface area contributed by atoms with Crippen molar-refractivity contribution in [2.75, 3.05) is 0 Å². The molecule has 1 aromatic carbocycles. The highest BCUT2D eigenvalue weighted by Crippen LogP contribution is 2.29. The van der Waals surface area contributed by atoms with E-state index in [-0.39, 0.29) is 6.04 Å². The number of nitrogens with one attached hydrogen (secondary N) is 1. The molecule has 2 aromatic heterocycles. The van der Waals surface area contributed by atoms with E-state index in [9.17, 15) is 0 Å². The molecule has 3 aromatic rings. The van der Waals surface area contributed by atoms with Crippen LogP contribution in [0.5, 0.6) is 0 Å². The van der Waals surface area contributed by atoms with Crippen molar-refractivity contribution in [2.24, 2.45) is 12.9 Å². The van der Waals surface area contributed by atoms with Gasteiger partial charge in [0.2, 0.25) is 0 Å². The first-order valence-corrected chi connectivity index (χ1v) is 5.71. The number of nitrogens with two attached hydrogens (primary N) is 1. The van der Waals surface area contributed by atoms with Gasteiger partial charge in [0, 0.05) is 24.2 Å². The lowest BCUT2D eigenvalue weighted by Crippen LogP contribution is -2.29. The molecule has 0 saturated carbocycles. The maximum absolute atomic E-state index is 5.66. The number of aryl methyl sites for hydroxylation is 1. The van der Waals surface area contributed by atoms with E-state index in [2.05, 4.69) is 10.5 Å². The van der Waals surface area contributed by atoms with Crippen LogP contribution >= 0.6 is 0 Å². The quantitative estimate of drug-likeness (QED) is 0.542. The van der Waals surface area contributed by atoms with Crippen molar-refractivity contribution in [2.45, 2.75) is 6.04 Å². The molecule has 0 aliphatic heterocycles. The molecule has 3 N–H and O–H groups in total. The van der Waals surface area contributed by atoms with Gasteiger partial charge in [-0.25, -0.2) is 5.43 Å². The van der Waals surface area contributed by atoms with Gasteiger partial charge in [-0.3, -0.25) is 10.5 Å². The van der Waals surface area contributed by atoms with E-state index < -0.39 is 0 Å². The Labute approximate surface area is 104 Å². The fourth-order valence-electron chi connectivity index (χ4n) is 2.14. The van der Waals surface area contributed by atoms with Gasteiger partial charge < -0.3 is 4.42 Å². The molecule has 0 amide bonds. The fraction of sp³-hybridized carbons (Fsp3) is 0.154. The molecule has 5 heteroatoms. The van der Waals surface area contributed by atoms with Gasteiger partial charge in [0.25, 0.3) is 0 Å². The van der Waals surface area contributed by atoms with Crippen molar-refractivity contribution in [3.05, 3.63) is 54.0 Å². The van der Waals surface area contributed by atoms with E-state index in [1.54, 1.807) is 10.9 Å². The number of aromatic nitrogens is 2. The van der Waals surface area contributed by atoms with Crippen LogP contribution in [0.25, 0.3) is 11.0 Å². The van der Waals surface area contributed by atoms with Gasteiger partial charge in [0.05, 0.1) is 18.0 Å². The van der Waals surface area contributed by atoms with Crippen molar-refractivity contribution < 1.29 is 4.42 Å². The van der Waals surface area contributed by atoms with Crippen LogP contribution in [-0.2, 0) is 7.05 Å². The molecule has 0 radical (unpaired) electrons. The minimum atomic E-state index is -0.171. The Bertz CT molecular complexity index is 670. The minimum absolute atomic E-state index is 0.171. The van der Waals surface area contributed by atoms with Crippen LogP contribution in [0.1, 0.15) is 17.3 Å². The smallest absolute Gasteiger partial charge is 0.134 e. The average Bonchev–Trinajstić information content (AvgIpc) is 2.98. The van der Waals surface area contributed by atoms with E-state index in [4.69, 9.17) is 10.3 Å². The molecule has 92 valence electrons. The number of benzene rings is 1. The third-order valence-electron chi connectivity index (χ3n) is 3.02. The molecule has 1 unspecified atom stereocenters. The van der Waals surface area contributed by atoms with Crippen molar-refractivity contribution in [1.82, 2.24) is 15.2 Å². The Hall–Kier alpha value is -2.11. The summed E-state index contributed by atoms with van der Waals surface area (Å²) in [5.74, 6) is 5.66. The summed E-state index contributed by atoms with van der Waals surface area (Å²) in [7, 11) is 1.88. The maximum Gasteiger partial charge on any atom is 0.134 e. The summed E-state index contributed by atoms with van der Waals surface area (Å²) in [4.78, 5) is 0. The van der Waals surface area contributed by atoms with E-state index in [1.807, 2.05) is 43.6 Å². The molecule has 2 heterocycles. The average molecular weight is 242 g/mol. The van der Waals surface area contributed by atoms with Gasteiger partial charge in [0.15, 0.2) is 0 Å². The van der Waals surface area contributed by atoms with Gasteiger partial charge in [-0.15, -0.1) is 0 Å². The monoisotopic (exact) mass is 242 g/mol. The van der Waals surface area contributed by atoms with Crippen LogP contribution in [-0.4, -0.2) is 9.78 Å². The van der Waals surface area contributed by atoms with Crippen molar-refractivity contribution >= 4 is 11.0 Å². The van der Waals surface area contributed by atoms with Crippen molar-refractivity contribution in [3.8, 4) is 0 Å². The normalized spacial score (nSPS) is 13.0. The van der Waals surface area contributed by atoms with Gasteiger partial charge in [-0.2, -0.15) is 5.10 Å². The summed E-state index contributed by atoms with van der Waals surface area (Å²) < 4.78 is 7.28. The molecule has 0 aliphatic rings. The maximum atomic E-state index is 5.66. The Morgan fingerprint density at radius 3 is 2.89 bits per heavy atom. The standard InChI is InChI=1S/C13H14N4O/c1-17-7-6-11(16-17)13(15-14)10-8-18-12-5-3-2-4-9(10)12/h2-8,13,15H,14H2,1H3. The predicted molar refractivity (Wildman–Crippen MR) is 68.6 cm³/mol. The molecule has 0 saturated heterocycles. The highest BCUT2D eigenvalue weighted by Gasteiger charge is 2.19. The number of para-hydroxylation sites is 1. The van der Waals surface area contributed by atoms with Crippen LogP contribution in [0.3, 0.4) is 0 Å². The molecule has 5 nitrogen and oxygen atoms in total. The molecule has 0 aliphatic carbocycles. The number of hydrazine groups is 1. The SMILES string of the molecule is Cn1ccc(C(NN)c2coc3ccccc23)n1. The summed E-state index contributed by atoms with van der Waals surface area (Å²) >= 11 is 0. The van der Waals surface area contributed by atoms with Gasteiger partial charge in [0.1, 0.15) is 5.58 Å². The first-order chi connectivity index (χ1) is 8.79. The Kier molecular flexibility index (Phi) is 2.62. The molecule has 0 bridgehead atoms. The molecular weight excluding hydrogens is 228 g/mol. The molecule has 0 fully saturated rings. The lowest BCUT2D eigenvalue weighted by molar-refractivity contribution is 0.573. The third-order valence-corrected chi connectivity index (χ3v) is 3.02. The van der Waals surface area contributed by atoms with Crippen LogP contribution in [0.15, 0.2) is 47.2 Å². The fourth-order valence-corrected chi connectivity index (χ4v) is 2.14. The number of hydrogen-bond donors (Lipinski definition) is 2. The van der Waals surface area contributed by atoms with Crippen LogP contribution in [0.4, 0.5) is 0 Å². The topological polar surface area (TPSA) is 69.0 Å². The number of nitrogens with zero attached hydrogens (tertiary/aromatic N) is 2. The summed E-state index contributed by atoms with van der Waals surface area (Å²) in [6.07, 6.45) is 3.62. The summed E-state index contributed by atoms with van der Waals surface area (Å²) in [5, 5.41) is 5.42. The first kappa shape index (κ1) is 11.0. The zero-order chi connectivity index (χ0) is 12.5. The number of furan rings is 1. The molecule has 0 spiro atoms. The number of hydrogen-bond acceptors (Lipinski definition) is 4. The Morgan fingerprint density at radius 2 is 2.17 bits per heavy atom. The number of rotatable bonds is 3. The van der Waals surface area contributed by atoms with Gasteiger partial charge >= 0.3 is 0 Å². The first-order valence-electron chi connectivity index (χ1n) is 5.71. The van der Waals surface area contributed by atoms with Crippen LogP contribution < -0.4 is 11.3 Å². The van der Waals surface area contributed by atoms with E-state index >= 15 is 0 Å². The summed E-state index contributed by atoms with van der Waals surface area (Å²) in [6.45, 7) is 0. The Balaban J connectivity index is 2.11. The second-order valence-corrected chi connectivity index (χ2v) is 4.20. The van der Waals surface area contributed by atoms with E-state index in [0.29, 0.717) is 0 Å². The molecule has 18 heavy (non-hydrogen) atoms. The second kappa shape index (κ2) is 4.29.